The zero-order valence-corrected chi connectivity index (χ0v) is 22.4. The van der Waals surface area contributed by atoms with E-state index >= 15 is 0 Å². The number of aliphatic hydroxyl groups is 2. The number of rotatable bonds is 7. The molecule has 4 heterocycles. The maximum Gasteiger partial charge on any atom is 0.263 e. The van der Waals surface area contributed by atoms with Gasteiger partial charge in [-0.2, -0.15) is 0 Å². The van der Waals surface area contributed by atoms with Crippen LogP contribution in [0.5, 0.6) is 0 Å². The number of aromatic nitrogens is 3. The Balaban J connectivity index is 1.38. The van der Waals surface area contributed by atoms with Crippen molar-refractivity contribution in [3.63, 3.8) is 0 Å². The number of carbonyl (C=O) groups excluding carboxylic acids is 2. The van der Waals surface area contributed by atoms with Gasteiger partial charge in [0, 0.05) is 43.5 Å². The summed E-state index contributed by atoms with van der Waals surface area (Å²) in [6.07, 6.45) is 4.56. The number of pyridine rings is 1. The van der Waals surface area contributed by atoms with E-state index in [9.17, 15) is 19.8 Å². The number of nitrogens with zero attached hydrogens (tertiary/aromatic N) is 3. The standard InChI is InChI=1S/C26H34N6O4S/c1-13-21(23(34)29-12-26(3,4)36)37-24(30-13)19-9-28-22-18(5-6-27-22)20(19)31-17-7-15-10-32(11-16(15)8-17)25(35)14(2)33/h5-6,9,14-17,33,36H,7-8,10-12H2,1-4H3,(H,29,34)(H2,27,28,31)/t14-,15-,16+,17?/m0/s1. The molecule has 3 aromatic heterocycles. The van der Waals surface area contributed by atoms with Gasteiger partial charge in [-0.05, 0) is 58.4 Å². The van der Waals surface area contributed by atoms with Gasteiger partial charge in [-0.1, -0.05) is 0 Å². The second-order valence-electron chi connectivity index (χ2n) is 11.0. The molecule has 5 rings (SSSR count). The van der Waals surface area contributed by atoms with E-state index in [1.54, 1.807) is 24.9 Å². The van der Waals surface area contributed by atoms with Gasteiger partial charge >= 0.3 is 0 Å². The van der Waals surface area contributed by atoms with Gasteiger partial charge in [0.15, 0.2) is 0 Å². The van der Waals surface area contributed by atoms with Crippen LogP contribution in [-0.2, 0) is 4.79 Å². The van der Waals surface area contributed by atoms with Crippen LogP contribution in [0, 0.1) is 18.8 Å². The fourth-order valence-electron chi connectivity index (χ4n) is 5.49. The quantitative estimate of drug-likeness (QED) is 0.318. The van der Waals surface area contributed by atoms with Gasteiger partial charge in [-0.3, -0.25) is 9.59 Å². The first-order chi connectivity index (χ1) is 17.5. The second kappa shape index (κ2) is 9.70. The van der Waals surface area contributed by atoms with Crippen LogP contribution in [0.15, 0.2) is 18.5 Å². The molecule has 5 N–H and O–H groups in total. The summed E-state index contributed by atoms with van der Waals surface area (Å²) < 4.78 is 0. The first kappa shape index (κ1) is 25.6. The van der Waals surface area contributed by atoms with Crippen LogP contribution in [0.1, 0.15) is 49.0 Å². The zero-order chi connectivity index (χ0) is 26.5. The number of aliphatic hydroxyl groups excluding tert-OH is 1. The maximum absolute atomic E-state index is 12.8. The SMILES string of the molecule is Cc1nc(-c2cnc3[nH]ccc3c2NC2C[C@@H]3CN(C(=O)[C@H](C)O)C[C@@H]3C2)sc1C(=O)NCC(C)(C)O. The Morgan fingerprint density at radius 3 is 2.65 bits per heavy atom. The highest BCUT2D eigenvalue weighted by atomic mass is 32.1. The number of amides is 2. The predicted molar refractivity (Wildman–Crippen MR) is 142 cm³/mol. The third-order valence-corrected chi connectivity index (χ3v) is 8.46. The Morgan fingerprint density at radius 2 is 2.00 bits per heavy atom. The number of aromatic amines is 1. The van der Waals surface area contributed by atoms with E-state index in [1.807, 2.05) is 19.2 Å². The summed E-state index contributed by atoms with van der Waals surface area (Å²) in [6.45, 7) is 8.14. The number of nitrogens with one attached hydrogen (secondary N) is 3. The minimum absolute atomic E-state index is 0.145. The Hall–Kier alpha value is -3.02. The van der Waals surface area contributed by atoms with Crippen molar-refractivity contribution < 1.29 is 19.8 Å². The summed E-state index contributed by atoms with van der Waals surface area (Å²) in [7, 11) is 0. The molecule has 0 aromatic carbocycles. The van der Waals surface area contributed by atoms with E-state index in [-0.39, 0.29) is 24.4 Å². The fourth-order valence-corrected chi connectivity index (χ4v) is 6.49. The van der Waals surface area contributed by atoms with Crippen molar-refractivity contribution in [2.45, 2.75) is 58.3 Å². The number of aryl methyl sites for hydroxylation is 1. The molecule has 2 fully saturated rings. The molecule has 10 nitrogen and oxygen atoms in total. The van der Waals surface area contributed by atoms with Crippen LogP contribution >= 0.6 is 11.3 Å². The maximum atomic E-state index is 12.8. The number of thiazole rings is 1. The molecule has 11 heteroatoms. The van der Waals surface area contributed by atoms with Crippen LogP contribution in [0.25, 0.3) is 21.6 Å². The highest BCUT2D eigenvalue weighted by molar-refractivity contribution is 7.17. The lowest BCUT2D eigenvalue weighted by atomic mass is 10.0. The highest BCUT2D eigenvalue weighted by Gasteiger charge is 2.43. The summed E-state index contributed by atoms with van der Waals surface area (Å²) in [4.78, 5) is 39.8. The van der Waals surface area contributed by atoms with Crippen molar-refractivity contribution in [1.29, 1.82) is 0 Å². The number of H-pyrrole nitrogens is 1. The van der Waals surface area contributed by atoms with Crippen molar-refractivity contribution in [1.82, 2.24) is 25.2 Å². The van der Waals surface area contributed by atoms with Gasteiger partial charge < -0.3 is 30.7 Å². The lowest BCUT2D eigenvalue weighted by molar-refractivity contribution is -0.138. The van der Waals surface area contributed by atoms with Gasteiger partial charge in [-0.15, -0.1) is 11.3 Å². The molecule has 3 aromatic rings. The van der Waals surface area contributed by atoms with E-state index in [4.69, 9.17) is 4.98 Å². The lowest BCUT2D eigenvalue weighted by Gasteiger charge is -2.22. The number of hydrogen-bond acceptors (Lipinski definition) is 8. The minimum atomic E-state index is -1.00. The smallest absolute Gasteiger partial charge is 0.263 e. The van der Waals surface area contributed by atoms with Crippen LogP contribution in [0.2, 0.25) is 0 Å². The van der Waals surface area contributed by atoms with Gasteiger partial charge in [0.1, 0.15) is 21.6 Å². The molecule has 1 saturated carbocycles. The first-order valence-electron chi connectivity index (χ1n) is 12.7. The summed E-state index contributed by atoms with van der Waals surface area (Å²) in [5.41, 5.74) is 2.17. The molecule has 198 valence electrons. The summed E-state index contributed by atoms with van der Waals surface area (Å²) in [5.74, 6) is 0.361. The Bertz CT molecular complexity index is 1310. The van der Waals surface area contributed by atoms with Crippen molar-refractivity contribution in [3.05, 3.63) is 29.0 Å². The Labute approximate surface area is 219 Å². The van der Waals surface area contributed by atoms with Crippen LogP contribution in [-0.4, -0.2) is 79.3 Å². The number of likely N-dealkylation sites (tertiary alicyclic amines) is 1. The molecule has 0 bridgehead atoms. The van der Waals surface area contributed by atoms with Crippen LogP contribution in [0.3, 0.4) is 0 Å². The third kappa shape index (κ3) is 5.21. The predicted octanol–water partition coefficient (Wildman–Crippen LogP) is 2.53. The summed E-state index contributed by atoms with van der Waals surface area (Å²) >= 11 is 1.31. The Kier molecular flexibility index (Phi) is 6.71. The molecule has 1 saturated heterocycles. The molecule has 1 aliphatic heterocycles. The van der Waals surface area contributed by atoms with E-state index in [0.29, 0.717) is 40.5 Å². The van der Waals surface area contributed by atoms with Crippen molar-refractivity contribution in [2.75, 3.05) is 25.0 Å². The largest absolute Gasteiger partial charge is 0.389 e. The van der Waals surface area contributed by atoms with Gasteiger partial charge in [0.05, 0.1) is 22.5 Å². The average molecular weight is 527 g/mol. The molecule has 37 heavy (non-hydrogen) atoms. The number of carbonyl (C=O) groups is 2. The van der Waals surface area contributed by atoms with Crippen LogP contribution in [0.4, 0.5) is 5.69 Å². The van der Waals surface area contributed by atoms with E-state index in [2.05, 4.69) is 20.6 Å². The van der Waals surface area contributed by atoms with Gasteiger partial charge in [0.25, 0.3) is 11.8 Å². The molecule has 0 spiro atoms. The lowest BCUT2D eigenvalue weighted by Crippen LogP contribution is -2.38. The Morgan fingerprint density at radius 1 is 1.30 bits per heavy atom. The summed E-state index contributed by atoms with van der Waals surface area (Å²) in [6, 6.07) is 2.22. The number of anilines is 1. The number of hydrogen-bond donors (Lipinski definition) is 5. The van der Waals surface area contributed by atoms with E-state index in [1.165, 1.54) is 18.3 Å². The minimum Gasteiger partial charge on any atom is -0.389 e. The molecular formula is C26H34N6O4S. The molecule has 1 unspecified atom stereocenters. The monoisotopic (exact) mass is 526 g/mol. The molecule has 2 amide bonds. The topological polar surface area (TPSA) is 143 Å². The van der Waals surface area contributed by atoms with E-state index < -0.39 is 11.7 Å². The van der Waals surface area contributed by atoms with Gasteiger partial charge in [0.2, 0.25) is 0 Å². The summed E-state index contributed by atoms with van der Waals surface area (Å²) in [5, 5.41) is 27.9. The van der Waals surface area contributed by atoms with Crippen molar-refractivity contribution in [3.8, 4) is 10.6 Å². The van der Waals surface area contributed by atoms with Crippen molar-refractivity contribution >= 4 is 39.9 Å². The van der Waals surface area contributed by atoms with Crippen molar-refractivity contribution in [2.24, 2.45) is 11.8 Å². The van der Waals surface area contributed by atoms with Crippen LogP contribution < -0.4 is 10.6 Å². The number of fused-ring (bicyclic) bond motifs is 2. The molecule has 0 radical (unpaired) electrons. The van der Waals surface area contributed by atoms with E-state index in [0.717, 1.165) is 35.1 Å². The average Bonchev–Trinajstić information content (AvgIpc) is 3.59. The molecule has 2 aliphatic rings. The molecular weight excluding hydrogens is 492 g/mol. The molecule has 1 aliphatic carbocycles. The third-order valence-electron chi connectivity index (χ3n) is 7.27. The highest BCUT2D eigenvalue weighted by Crippen LogP contribution is 2.42. The molecule has 4 atom stereocenters. The zero-order valence-electron chi connectivity index (χ0n) is 21.5. The fraction of sp³-hybridized carbons (Fsp3) is 0.538. The van der Waals surface area contributed by atoms with Gasteiger partial charge in [-0.25, -0.2) is 9.97 Å². The normalized spacial score (nSPS) is 22.3. The first-order valence-corrected chi connectivity index (χ1v) is 13.5. The second-order valence-corrected chi connectivity index (χ2v) is 12.0.